The van der Waals surface area contributed by atoms with Gasteiger partial charge in [0.25, 0.3) is 5.56 Å². The summed E-state index contributed by atoms with van der Waals surface area (Å²) in [5, 5.41) is 17.6. The Morgan fingerprint density at radius 2 is 2.16 bits per heavy atom. The van der Waals surface area contributed by atoms with Crippen LogP contribution in [0.5, 0.6) is 0 Å². The van der Waals surface area contributed by atoms with E-state index in [0.29, 0.717) is 13.1 Å². The van der Waals surface area contributed by atoms with Gasteiger partial charge < -0.3 is 5.11 Å². The van der Waals surface area contributed by atoms with E-state index in [1.54, 1.807) is 10.5 Å². The first-order chi connectivity index (χ1) is 12.0. The van der Waals surface area contributed by atoms with Crippen LogP contribution in [0.3, 0.4) is 0 Å². The van der Waals surface area contributed by atoms with Crippen LogP contribution in [0.1, 0.15) is 22.0 Å². The molecule has 1 aliphatic rings. The van der Waals surface area contributed by atoms with Gasteiger partial charge in [0, 0.05) is 48.4 Å². The lowest BCUT2D eigenvalue weighted by atomic mass is 10.0. The molecule has 0 bridgehead atoms. The van der Waals surface area contributed by atoms with Gasteiger partial charge in [-0.2, -0.15) is 5.10 Å². The summed E-state index contributed by atoms with van der Waals surface area (Å²) in [6.07, 6.45) is 2.19. The maximum Gasteiger partial charge on any atom is 0.258 e. The van der Waals surface area contributed by atoms with Gasteiger partial charge in [0.05, 0.1) is 17.5 Å². The average Bonchev–Trinajstić information content (AvgIpc) is 3.20. The van der Waals surface area contributed by atoms with Gasteiger partial charge in [-0.05, 0) is 26.3 Å². The minimum absolute atomic E-state index is 0.0485. The van der Waals surface area contributed by atoms with Crippen molar-refractivity contribution >= 4 is 16.3 Å². The number of nitrogens with one attached hydrogen (secondary N) is 1. The Morgan fingerprint density at radius 1 is 1.32 bits per heavy atom. The maximum absolute atomic E-state index is 12.2. The fourth-order valence-electron chi connectivity index (χ4n) is 3.49. The number of aliphatic hydroxyl groups excluding tert-OH is 1. The number of aromatic amines is 1. The third-order valence-electron chi connectivity index (χ3n) is 4.63. The zero-order chi connectivity index (χ0) is 17.6. The normalized spacial score (nSPS) is 21.4. The summed E-state index contributed by atoms with van der Waals surface area (Å²) in [4.78, 5) is 20.8. The lowest BCUT2D eigenvalue weighted by molar-refractivity contribution is 0.140. The molecule has 0 unspecified atom stereocenters. The highest BCUT2D eigenvalue weighted by Gasteiger charge is 2.32. The lowest BCUT2D eigenvalue weighted by Crippen LogP contribution is -2.24. The quantitative estimate of drug-likeness (QED) is 0.729. The van der Waals surface area contributed by atoms with Crippen LogP contribution in [0.4, 0.5) is 0 Å². The topological polar surface area (TPSA) is 86.5 Å². The molecule has 0 radical (unpaired) electrons. The fourth-order valence-corrected chi connectivity index (χ4v) is 4.34. The van der Waals surface area contributed by atoms with Crippen LogP contribution in [-0.4, -0.2) is 48.8 Å². The van der Waals surface area contributed by atoms with Gasteiger partial charge in [0.1, 0.15) is 0 Å². The van der Waals surface area contributed by atoms with Crippen molar-refractivity contribution < 1.29 is 5.11 Å². The molecule has 1 fully saturated rings. The van der Waals surface area contributed by atoms with Crippen LogP contribution in [0, 0.1) is 19.8 Å². The van der Waals surface area contributed by atoms with Gasteiger partial charge >= 0.3 is 0 Å². The molecule has 0 saturated carbocycles. The molecule has 7 nitrogen and oxygen atoms in total. The fraction of sp³-hybridized carbons (Fsp3) is 0.471. The Labute approximate surface area is 149 Å². The number of aryl methyl sites for hydroxylation is 2. The summed E-state index contributed by atoms with van der Waals surface area (Å²) in [5.41, 5.74) is 2.72. The third kappa shape index (κ3) is 3.37. The first kappa shape index (κ1) is 16.4. The van der Waals surface area contributed by atoms with Gasteiger partial charge in [-0.1, -0.05) is 0 Å². The Hall–Kier alpha value is -2.03. The lowest BCUT2D eigenvalue weighted by Gasteiger charge is -2.14. The summed E-state index contributed by atoms with van der Waals surface area (Å²) in [7, 11) is 0. The smallest absolute Gasteiger partial charge is 0.258 e. The van der Waals surface area contributed by atoms with Crippen molar-refractivity contribution in [2.75, 3.05) is 13.1 Å². The number of hydrogen-bond donors (Lipinski definition) is 2. The largest absolute Gasteiger partial charge is 0.391 e. The number of rotatable bonds is 4. The molecule has 0 aromatic carbocycles. The summed E-state index contributed by atoms with van der Waals surface area (Å²) >= 11 is 1.52. The first-order valence-corrected chi connectivity index (χ1v) is 9.19. The molecule has 3 aromatic heterocycles. The van der Waals surface area contributed by atoms with Crippen LogP contribution in [0.2, 0.25) is 0 Å². The zero-order valence-corrected chi connectivity index (χ0v) is 15.1. The number of hydrogen-bond acceptors (Lipinski definition) is 6. The molecule has 1 aliphatic heterocycles. The van der Waals surface area contributed by atoms with E-state index in [-0.39, 0.29) is 17.6 Å². The molecule has 4 heterocycles. The Bertz CT molecular complexity index is 960. The van der Waals surface area contributed by atoms with E-state index in [1.807, 2.05) is 26.1 Å². The van der Waals surface area contributed by atoms with E-state index >= 15 is 0 Å². The van der Waals surface area contributed by atoms with Gasteiger partial charge in [-0.15, -0.1) is 11.3 Å². The average molecular weight is 359 g/mol. The molecule has 0 aliphatic carbocycles. The van der Waals surface area contributed by atoms with Crippen LogP contribution in [0.15, 0.2) is 23.1 Å². The van der Waals surface area contributed by atoms with Gasteiger partial charge in [0.2, 0.25) is 0 Å². The molecular weight excluding hydrogens is 338 g/mol. The molecule has 25 heavy (non-hydrogen) atoms. The molecule has 0 spiro atoms. The van der Waals surface area contributed by atoms with Crippen molar-refractivity contribution in [3.63, 3.8) is 0 Å². The monoisotopic (exact) mass is 359 g/mol. The zero-order valence-electron chi connectivity index (χ0n) is 14.3. The highest BCUT2D eigenvalue weighted by molar-refractivity contribution is 7.16. The molecular formula is C17H21N5O2S. The number of nitrogens with zero attached hydrogens (tertiary/aromatic N) is 4. The third-order valence-corrected chi connectivity index (χ3v) is 5.53. The van der Waals surface area contributed by atoms with E-state index in [9.17, 15) is 9.90 Å². The van der Waals surface area contributed by atoms with Gasteiger partial charge in [-0.25, -0.2) is 4.98 Å². The predicted molar refractivity (Wildman–Crippen MR) is 95.9 cm³/mol. The number of β-amino-alcohol motifs (C(OH)–C–C–N with tert-alkyl or cyclic N) is 1. The standard InChI is InChI=1S/C17H21N5O2S/c1-10-3-13(20-19-10)4-12-7-21(9-15(12)23)8-14-5-16(24)22-6-11(2)25-17(22)18-14/h3,5-6,12,15,23H,4,7-9H2,1-2H3,(H,19,20)/t12-,15-/m1/s1. The van der Waals surface area contributed by atoms with Crippen LogP contribution < -0.4 is 5.56 Å². The molecule has 2 N–H and O–H groups in total. The van der Waals surface area contributed by atoms with Crippen molar-refractivity contribution in [3.05, 3.63) is 50.6 Å². The van der Waals surface area contributed by atoms with Crippen LogP contribution in [-0.2, 0) is 13.0 Å². The van der Waals surface area contributed by atoms with Crippen molar-refractivity contribution in [3.8, 4) is 0 Å². The Kier molecular flexibility index (Phi) is 4.18. The Balaban J connectivity index is 1.47. The molecule has 0 amide bonds. The minimum Gasteiger partial charge on any atom is -0.391 e. The molecule has 132 valence electrons. The number of aliphatic hydroxyl groups is 1. The van der Waals surface area contributed by atoms with Crippen LogP contribution >= 0.6 is 11.3 Å². The number of likely N-dealkylation sites (tertiary alicyclic amines) is 1. The molecule has 2 atom stereocenters. The van der Waals surface area contributed by atoms with Gasteiger partial charge in [-0.3, -0.25) is 19.2 Å². The van der Waals surface area contributed by atoms with Gasteiger partial charge in [0.15, 0.2) is 4.96 Å². The number of fused-ring (bicyclic) bond motifs is 1. The predicted octanol–water partition coefficient (Wildman–Crippen LogP) is 1.13. The first-order valence-electron chi connectivity index (χ1n) is 8.38. The highest BCUT2D eigenvalue weighted by atomic mass is 32.1. The van der Waals surface area contributed by atoms with Crippen molar-refractivity contribution in [2.24, 2.45) is 5.92 Å². The number of H-pyrrole nitrogens is 1. The van der Waals surface area contributed by atoms with Crippen molar-refractivity contribution in [1.29, 1.82) is 0 Å². The van der Waals surface area contributed by atoms with E-state index in [2.05, 4.69) is 20.1 Å². The molecule has 8 heteroatoms. The second-order valence-corrected chi connectivity index (χ2v) is 8.06. The summed E-state index contributed by atoms with van der Waals surface area (Å²) in [6.45, 7) is 5.89. The maximum atomic E-state index is 12.2. The minimum atomic E-state index is -0.384. The van der Waals surface area contributed by atoms with Crippen molar-refractivity contribution in [1.82, 2.24) is 24.5 Å². The van der Waals surface area contributed by atoms with Crippen molar-refractivity contribution in [2.45, 2.75) is 32.9 Å². The molecule has 1 saturated heterocycles. The van der Waals surface area contributed by atoms with E-state index in [4.69, 9.17) is 0 Å². The summed E-state index contributed by atoms with van der Waals surface area (Å²) in [6, 6.07) is 3.61. The summed E-state index contributed by atoms with van der Waals surface area (Å²) in [5.74, 6) is 0.150. The number of aromatic nitrogens is 4. The second-order valence-electron chi connectivity index (χ2n) is 6.85. The SMILES string of the molecule is Cc1cc(C[C@@H]2CN(Cc3cc(=O)n4cc(C)sc4n3)C[C@H]2O)n[nH]1. The Morgan fingerprint density at radius 3 is 2.92 bits per heavy atom. The second kappa shape index (κ2) is 6.36. The van der Waals surface area contributed by atoms with E-state index < -0.39 is 0 Å². The van der Waals surface area contributed by atoms with E-state index in [0.717, 1.165) is 39.9 Å². The molecule has 4 rings (SSSR count). The highest BCUT2D eigenvalue weighted by Crippen LogP contribution is 2.23. The summed E-state index contributed by atoms with van der Waals surface area (Å²) < 4.78 is 1.59. The number of thiazole rings is 1. The molecule has 3 aromatic rings. The van der Waals surface area contributed by atoms with E-state index in [1.165, 1.54) is 11.3 Å². The van der Waals surface area contributed by atoms with Crippen LogP contribution in [0.25, 0.3) is 4.96 Å².